The molecule has 0 aliphatic heterocycles. The van der Waals surface area contributed by atoms with Crippen molar-refractivity contribution in [2.75, 3.05) is 7.05 Å². The predicted octanol–water partition coefficient (Wildman–Crippen LogP) is 2.42. The molecule has 2 heterocycles. The number of thiophene rings is 1. The Hall–Kier alpha value is -2.61. The minimum atomic E-state index is -1.07. The summed E-state index contributed by atoms with van der Waals surface area (Å²) in [6.07, 6.45) is 6.62. The Bertz CT molecular complexity index is 826. The van der Waals surface area contributed by atoms with Gasteiger partial charge < -0.3 is 14.6 Å². The van der Waals surface area contributed by atoms with E-state index in [-0.39, 0.29) is 0 Å². The van der Waals surface area contributed by atoms with Crippen molar-refractivity contribution in [1.29, 1.82) is 0 Å². The zero-order chi connectivity index (χ0) is 18.7. The lowest BCUT2D eigenvalue weighted by atomic mass is 9.95. The van der Waals surface area contributed by atoms with E-state index < -0.39 is 24.0 Å². The van der Waals surface area contributed by atoms with E-state index in [1.807, 2.05) is 29.1 Å². The fourth-order valence-electron chi connectivity index (χ4n) is 2.96. The highest BCUT2D eigenvalue weighted by Gasteiger charge is 2.29. The second kappa shape index (κ2) is 7.74. The fraction of sp³-hybridized carbons (Fsp3) is 0.389. The monoisotopic (exact) mass is 375 g/mol. The topological polar surface area (TPSA) is 89.4 Å². The van der Waals surface area contributed by atoms with E-state index in [1.165, 1.54) is 18.8 Å². The highest BCUT2D eigenvalue weighted by Crippen LogP contribution is 2.37. The molecule has 138 valence electrons. The quantitative estimate of drug-likeness (QED) is 0.803. The molecule has 0 fully saturated rings. The number of hydrogen-bond acceptors (Lipinski definition) is 5. The summed E-state index contributed by atoms with van der Waals surface area (Å²) in [7, 11) is 1.40. The van der Waals surface area contributed by atoms with Crippen LogP contribution in [-0.2, 0) is 22.4 Å². The Balaban J connectivity index is 1.86. The van der Waals surface area contributed by atoms with E-state index in [4.69, 9.17) is 4.74 Å². The van der Waals surface area contributed by atoms with Gasteiger partial charge in [0.05, 0.1) is 5.56 Å². The first-order valence-electron chi connectivity index (χ1n) is 8.52. The van der Waals surface area contributed by atoms with E-state index in [0.29, 0.717) is 5.56 Å². The van der Waals surface area contributed by atoms with Crippen molar-refractivity contribution in [3.63, 3.8) is 0 Å². The lowest BCUT2D eigenvalue weighted by molar-refractivity contribution is -0.127. The summed E-state index contributed by atoms with van der Waals surface area (Å²) in [5.74, 6) is -1.20. The number of carbonyl (C=O) groups excluding carboxylic acids is 3. The fourth-order valence-corrected chi connectivity index (χ4v) is 4.31. The van der Waals surface area contributed by atoms with E-state index in [1.54, 1.807) is 11.3 Å². The number of rotatable bonds is 4. The van der Waals surface area contributed by atoms with Crippen LogP contribution in [0.25, 0.3) is 5.00 Å². The maximum atomic E-state index is 12.9. The number of nitrogens with one attached hydrogen (secondary N) is 2. The number of carbonyl (C=O) groups is 3. The Kier molecular flexibility index (Phi) is 5.41. The number of nitrogens with zero attached hydrogens (tertiary/aromatic N) is 1. The van der Waals surface area contributed by atoms with Crippen molar-refractivity contribution in [2.24, 2.45) is 0 Å². The zero-order valence-electron chi connectivity index (χ0n) is 14.7. The molecule has 0 bridgehead atoms. The second-order valence-electron chi connectivity index (χ2n) is 6.10. The molecule has 1 atom stereocenters. The number of aromatic nitrogens is 1. The predicted molar refractivity (Wildman–Crippen MR) is 97.8 cm³/mol. The first kappa shape index (κ1) is 18.2. The molecule has 0 radical (unpaired) electrons. The van der Waals surface area contributed by atoms with Crippen LogP contribution < -0.4 is 10.6 Å². The third kappa shape index (κ3) is 3.65. The van der Waals surface area contributed by atoms with Gasteiger partial charge >= 0.3 is 12.0 Å². The molecule has 8 heteroatoms. The molecule has 3 rings (SSSR count). The molecule has 0 aromatic carbocycles. The molecule has 0 saturated carbocycles. The van der Waals surface area contributed by atoms with Crippen LogP contribution in [0.4, 0.5) is 4.79 Å². The minimum absolute atomic E-state index is 0.528. The summed E-state index contributed by atoms with van der Waals surface area (Å²) >= 11 is 1.60. The van der Waals surface area contributed by atoms with Crippen molar-refractivity contribution >= 4 is 29.2 Å². The van der Waals surface area contributed by atoms with Gasteiger partial charge in [-0.15, -0.1) is 11.3 Å². The minimum Gasteiger partial charge on any atom is -0.449 e. The molecule has 26 heavy (non-hydrogen) atoms. The van der Waals surface area contributed by atoms with Gasteiger partial charge in [0.2, 0.25) is 0 Å². The molecule has 1 aliphatic rings. The van der Waals surface area contributed by atoms with Gasteiger partial charge in [0.1, 0.15) is 5.00 Å². The lowest BCUT2D eigenvalue weighted by Gasteiger charge is -2.16. The number of fused-ring (bicyclic) bond motifs is 1. The van der Waals surface area contributed by atoms with Crippen molar-refractivity contribution in [3.05, 3.63) is 40.5 Å². The number of amides is 3. The van der Waals surface area contributed by atoms with Crippen LogP contribution in [-0.4, -0.2) is 35.6 Å². The number of imide groups is 1. The standard InChI is InChI=1S/C18H21N3O4S/c1-11(15(22)20-18(24)19-2)25-17(23)14-12-7-3-4-8-13(12)26-16(14)21-9-5-6-10-21/h5-6,9-11H,3-4,7-8H2,1-2H3,(H2,19,20,22,24)/t11-/m1/s1. The van der Waals surface area contributed by atoms with Gasteiger partial charge in [-0.3, -0.25) is 10.1 Å². The van der Waals surface area contributed by atoms with Gasteiger partial charge in [0.15, 0.2) is 6.10 Å². The summed E-state index contributed by atoms with van der Waals surface area (Å²) in [5, 5.41) is 5.21. The molecule has 2 N–H and O–H groups in total. The van der Waals surface area contributed by atoms with E-state index in [0.717, 1.165) is 36.2 Å². The Labute approximate surface area is 155 Å². The van der Waals surface area contributed by atoms with Gasteiger partial charge in [-0.1, -0.05) is 0 Å². The summed E-state index contributed by atoms with van der Waals surface area (Å²) in [6, 6.07) is 3.15. The number of urea groups is 1. The normalized spacial score (nSPS) is 14.2. The molecule has 0 unspecified atom stereocenters. The van der Waals surface area contributed by atoms with Crippen molar-refractivity contribution in [2.45, 2.75) is 38.7 Å². The highest BCUT2D eigenvalue weighted by atomic mass is 32.1. The molecule has 2 aromatic heterocycles. The summed E-state index contributed by atoms with van der Waals surface area (Å²) in [4.78, 5) is 37.3. The van der Waals surface area contributed by atoms with Gasteiger partial charge in [0.25, 0.3) is 5.91 Å². The van der Waals surface area contributed by atoms with Crippen molar-refractivity contribution in [3.8, 4) is 5.00 Å². The first-order valence-corrected chi connectivity index (χ1v) is 9.34. The molecular formula is C18H21N3O4S. The second-order valence-corrected chi connectivity index (χ2v) is 7.18. The largest absolute Gasteiger partial charge is 0.449 e. The van der Waals surface area contributed by atoms with Crippen LogP contribution in [0.1, 0.15) is 40.6 Å². The lowest BCUT2D eigenvalue weighted by Crippen LogP contribution is -2.43. The average Bonchev–Trinajstić information content (AvgIpc) is 3.28. The van der Waals surface area contributed by atoms with Crippen LogP contribution in [0.3, 0.4) is 0 Å². The van der Waals surface area contributed by atoms with Crippen LogP contribution in [0, 0.1) is 0 Å². The summed E-state index contributed by atoms with van der Waals surface area (Å²) in [5.41, 5.74) is 1.55. The molecule has 2 aromatic rings. The first-order chi connectivity index (χ1) is 12.5. The maximum absolute atomic E-state index is 12.9. The molecule has 0 saturated heterocycles. The third-order valence-corrected chi connectivity index (χ3v) is 5.62. The maximum Gasteiger partial charge on any atom is 0.342 e. The van der Waals surface area contributed by atoms with E-state index >= 15 is 0 Å². The van der Waals surface area contributed by atoms with Crippen LogP contribution in [0.5, 0.6) is 0 Å². The number of hydrogen-bond donors (Lipinski definition) is 2. The molecule has 3 amide bonds. The smallest absolute Gasteiger partial charge is 0.342 e. The van der Waals surface area contributed by atoms with E-state index in [9.17, 15) is 14.4 Å². The SMILES string of the molecule is CNC(=O)NC(=O)[C@@H](C)OC(=O)c1c(-n2cccc2)sc2c1CCCC2. The Morgan fingerprint density at radius 2 is 1.88 bits per heavy atom. The van der Waals surface area contributed by atoms with Crippen LogP contribution in [0.2, 0.25) is 0 Å². The zero-order valence-corrected chi connectivity index (χ0v) is 15.5. The van der Waals surface area contributed by atoms with Crippen LogP contribution >= 0.6 is 11.3 Å². The summed E-state index contributed by atoms with van der Waals surface area (Å²) < 4.78 is 7.27. The molecular weight excluding hydrogens is 354 g/mol. The van der Waals surface area contributed by atoms with E-state index in [2.05, 4.69) is 10.6 Å². The number of esters is 1. The molecule has 0 spiro atoms. The van der Waals surface area contributed by atoms with Gasteiger partial charge in [-0.05, 0) is 50.3 Å². The van der Waals surface area contributed by atoms with Crippen molar-refractivity contribution in [1.82, 2.24) is 15.2 Å². The Morgan fingerprint density at radius 1 is 1.19 bits per heavy atom. The summed E-state index contributed by atoms with van der Waals surface area (Å²) in [6.45, 7) is 1.45. The van der Waals surface area contributed by atoms with Crippen LogP contribution in [0.15, 0.2) is 24.5 Å². The molecule has 7 nitrogen and oxygen atoms in total. The van der Waals surface area contributed by atoms with Crippen molar-refractivity contribution < 1.29 is 19.1 Å². The van der Waals surface area contributed by atoms with Gasteiger partial charge in [-0.25, -0.2) is 9.59 Å². The number of aryl methyl sites for hydroxylation is 1. The third-order valence-electron chi connectivity index (χ3n) is 4.31. The Morgan fingerprint density at radius 3 is 2.58 bits per heavy atom. The molecule has 1 aliphatic carbocycles. The number of ether oxygens (including phenoxy) is 1. The average molecular weight is 375 g/mol. The highest BCUT2D eigenvalue weighted by molar-refractivity contribution is 7.15. The van der Waals surface area contributed by atoms with Gasteiger partial charge in [-0.2, -0.15) is 0 Å². The van der Waals surface area contributed by atoms with Gasteiger partial charge in [0, 0.05) is 24.3 Å².